The maximum atomic E-state index is 13.4. The van der Waals surface area contributed by atoms with Crippen LogP contribution >= 0.6 is 0 Å². The van der Waals surface area contributed by atoms with Crippen LogP contribution < -0.4 is 0 Å². The molecule has 1 unspecified atom stereocenters. The van der Waals surface area contributed by atoms with E-state index in [0.29, 0.717) is 0 Å². The van der Waals surface area contributed by atoms with Crippen molar-refractivity contribution < 1.29 is 28.6 Å². The molecule has 1 N–H and O–H groups in total. The third-order valence-corrected chi connectivity index (χ3v) is 5.55. The highest BCUT2D eigenvalue weighted by molar-refractivity contribution is 6.76. The van der Waals surface area contributed by atoms with E-state index in [1.807, 2.05) is 19.6 Å². The number of cyclic esters (lactones) is 2. The Morgan fingerprint density at radius 1 is 1.19 bits per heavy atom. The predicted molar refractivity (Wildman–Crippen MR) is 88.6 cm³/mol. The van der Waals surface area contributed by atoms with Crippen LogP contribution in [0.15, 0.2) is 36.9 Å². The Morgan fingerprint density at radius 3 is 2.23 bits per heavy atom. The molecule has 1 fully saturated rings. The monoisotopic (exact) mass is 379 g/mol. The summed E-state index contributed by atoms with van der Waals surface area (Å²) < 4.78 is 24.9. The Morgan fingerprint density at radius 2 is 1.77 bits per heavy atom. The van der Waals surface area contributed by atoms with E-state index in [0.717, 1.165) is 23.1 Å². The molecule has 0 bridgehead atoms. The van der Waals surface area contributed by atoms with Crippen molar-refractivity contribution in [1.29, 1.82) is 0 Å². The largest absolute Gasteiger partial charge is 0.422 e. The van der Waals surface area contributed by atoms with E-state index in [4.69, 9.17) is 9.47 Å². The zero-order valence-electron chi connectivity index (χ0n) is 14.5. The molecule has 0 amide bonds. The zero-order chi connectivity index (χ0) is 19.2. The van der Waals surface area contributed by atoms with Crippen molar-refractivity contribution in [3.63, 3.8) is 0 Å². The van der Waals surface area contributed by atoms with Gasteiger partial charge in [0.25, 0.3) is 0 Å². The fourth-order valence-corrected chi connectivity index (χ4v) is 5.02. The SMILES string of the molecule is C[Si](C)(C)CC(O)(c1ccc(F)cc1)C1(n2cncn2)OC(=O)C(=O)O1. The second-order valence-corrected chi connectivity index (χ2v) is 12.8. The third kappa shape index (κ3) is 2.90. The molecule has 26 heavy (non-hydrogen) atoms. The lowest BCUT2D eigenvalue weighted by atomic mass is 9.91. The molecule has 0 spiro atoms. The van der Waals surface area contributed by atoms with Crippen molar-refractivity contribution >= 4 is 20.0 Å². The summed E-state index contributed by atoms with van der Waals surface area (Å²) >= 11 is 0. The number of aromatic nitrogens is 3. The number of aliphatic hydroxyl groups is 1. The highest BCUT2D eigenvalue weighted by Gasteiger charge is 2.67. The Hall–Kier alpha value is -2.59. The van der Waals surface area contributed by atoms with Gasteiger partial charge in [-0.25, -0.2) is 19.0 Å². The maximum Gasteiger partial charge on any atom is 0.422 e. The number of esters is 2. The molecule has 138 valence electrons. The van der Waals surface area contributed by atoms with Gasteiger partial charge in [-0.2, -0.15) is 9.78 Å². The lowest BCUT2D eigenvalue weighted by Gasteiger charge is -2.43. The zero-order valence-corrected chi connectivity index (χ0v) is 15.5. The lowest BCUT2D eigenvalue weighted by Crippen LogP contribution is -2.57. The van der Waals surface area contributed by atoms with Gasteiger partial charge in [-0.15, -0.1) is 0 Å². The Kier molecular flexibility index (Phi) is 4.19. The lowest BCUT2D eigenvalue weighted by molar-refractivity contribution is -0.317. The highest BCUT2D eigenvalue weighted by atomic mass is 28.3. The van der Waals surface area contributed by atoms with Gasteiger partial charge in [0.05, 0.1) is 0 Å². The van der Waals surface area contributed by atoms with Crippen molar-refractivity contribution in [3.8, 4) is 0 Å². The molecule has 1 saturated heterocycles. The van der Waals surface area contributed by atoms with Crippen molar-refractivity contribution in [2.24, 2.45) is 0 Å². The van der Waals surface area contributed by atoms with Crippen LogP contribution in [0.5, 0.6) is 0 Å². The molecule has 1 aromatic heterocycles. The molecular weight excluding hydrogens is 361 g/mol. The van der Waals surface area contributed by atoms with Gasteiger partial charge in [-0.3, -0.25) is 0 Å². The van der Waals surface area contributed by atoms with Crippen molar-refractivity contribution in [2.45, 2.75) is 37.2 Å². The molecule has 1 aliphatic rings. The van der Waals surface area contributed by atoms with E-state index in [9.17, 15) is 19.1 Å². The Balaban J connectivity index is 2.25. The number of hydrogen-bond donors (Lipinski definition) is 1. The Labute approximate surface area is 149 Å². The molecule has 0 aliphatic carbocycles. The van der Waals surface area contributed by atoms with Crippen LogP contribution in [0.3, 0.4) is 0 Å². The first kappa shape index (κ1) is 18.2. The van der Waals surface area contributed by atoms with Gasteiger partial charge in [-0.05, 0) is 23.7 Å². The average Bonchev–Trinajstić information content (AvgIpc) is 3.16. The predicted octanol–water partition coefficient (Wildman–Crippen LogP) is 1.35. The molecular formula is C16H18FN3O5Si. The summed E-state index contributed by atoms with van der Waals surface area (Å²) in [4.78, 5) is 27.5. The van der Waals surface area contributed by atoms with E-state index < -0.39 is 37.3 Å². The average molecular weight is 379 g/mol. The molecule has 0 radical (unpaired) electrons. The van der Waals surface area contributed by atoms with Crippen LogP contribution in [0, 0.1) is 5.82 Å². The molecule has 1 aliphatic heterocycles. The van der Waals surface area contributed by atoms with E-state index in [1.165, 1.54) is 18.5 Å². The highest BCUT2D eigenvalue weighted by Crippen LogP contribution is 2.48. The first-order chi connectivity index (χ1) is 12.1. The first-order valence-corrected chi connectivity index (χ1v) is 11.6. The summed E-state index contributed by atoms with van der Waals surface area (Å²) in [6, 6.07) is 5.17. The topological polar surface area (TPSA) is 104 Å². The summed E-state index contributed by atoms with van der Waals surface area (Å²) in [5.41, 5.74) is -1.78. The Bertz CT molecular complexity index is 819. The van der Waals surface area contributed by atoms with Crippen LogP contribution in [-0.2, 0) is 30.6 Å². The minimum Gasteiger partial charge on any atom is -0.391 e. The number of nitrogens with zero attached hydrogens (tertiary/aromatic N) is 3. The molecule has 3 rings (SSSR count). The van der Waals surface area contributed by atoms with Crippen molar-refractivity contribution in [1.82, 2.24) is 14.8 Å². The fraction of sp³-hybridized carbons (Fsp3) is 0.375. The molecule has 2 heterocycles. The standard InChI is InChI=1S/C16H18FN3O5Si/c1-26(2,3)8-15(23,11-4-6-12(17)7-5-11)16(20-10-18-9-19-20)24-13(21)14(22)25-16/h4-7,9-10,23H,8H2,1-3H3. The number of carbonyl (C=O) groups is 2. The van der Waals surface area contributed by atoms with E-state index in [2.05, 4.69) is 10.1 Å². The summed E-state index contributed by atoms with van der Waals surface area (Å²) in [5, 5.41) is 15.6. The maximum absolute atomic E-state index is 13.4. The van der Waals surface area contributed by atoms with Crippen molar-refractivity contribution in [3.05, 3.63) is 48.3 Å². The first-order valence-electron chi connectivity index (χ1n) is 7.87. The number of hydrogen-bond acceptors (Lipinski definition) is 7. The van der Waals surface area contributed by atoms with Crippen LogP contribution in [-0.4, -0.2) is 39.9 Å². The number of halogens is 1. The summed E-state index contributed by atoms with van der Waals surface area (Å²) in [7, 11) is -2.05. The molecule has 8 nitrogen and oxygen atoms in total. The molecule has 0 saturated carbocycles. The summed E-state index contributed by atoms with van der Waals surface area (Å²) in [5.74, 6) is -5.27. The molecule has 2 aromatic rings. The van der Waals surface area contributed by atoms with Gasteiger partial charge in [0, 0.05) is 8.07 Å². The number of ether oxygens (including phenoxy) is 2. The summed E-state index contributed by atoms with van der Waals surface area (Å²) in [6.07, 6.45) is 2.33. The van der Waals surface area contributed by atoms with E-state index >= 15 is 0 Å². The normalized spacial score (nSPS) is 19.0. The van der Waals surface area contributed by atoms with Crippen LogP contribution in [0.4, 0.5) is 4.39 Å². The van der Waals surface area contributed by atoms with Gasteiger partial charge in [-0.1, -0.05) is 31.8 Å². The quantitative estimate of drug-likeness (QED) is 0.475. The van der Waals surface area contributed by atoms with Crippen LogP contribution in [0.2, 0.25) is 25.7 Å². The second-order valence-electron chi connectivity index (χ2n) is 7.31. The molecule has 1 aromatic carbocycles. The number of carbonyl (C=O) groups excluding carboxylic acids is 2. The van der Waals surface area contributed by atoms with Crippen molar-refractivity contribution in [2.75, 3.05) is 0 Å². The summed E-state index contributed by atoms with van der Waals surface area (Å²) in [6.45, 7) is 5.94. The smallest absolute Gasteiger partial charge is 0.391 e. The van der Waals surface area contributed by atoms with E-state index in [1.54, 1.807) is 0 Å². The second kappa shape index (κ2) is 5.99. The van der Waals surface area contributed by atoms with Gasteiger partial charge < -0.3 is 14.6 Å². The molecule has 10 heteroatoms. The van der Waals surface area contributed by atoms with E-state index in [-0.39, 0.29) is 11.6 Å². The third-order valence-electron chi connectivity index (χ3n) is 3.98. The minimum atomic E-state index is -2.27. The van der Waals surface area contributed by atoms with Gasteiger partial charge in [0.15, 0.2) is 5.60 Å². The van der Waals surface area contributed by atoms with Gasteiger partial charge >= 0.3 is 17.8 Å². The number of rotatable bonds is 5. The van der Waals surface area contributed by atoms with Crippen LogP contribution in [0.25, 0.3) is 0 Å². The number of benzene rings is 1. The van der Waals surface area contributed by atoms with Gasteiger partial charge in [0.2, 0.25) is 0 Å². The van der Waals surface area contributed by atoms with Gasteiger partial charge in [0.1, 0.15) is 18.5 Å². The van der Waals surface area contributed by atoms with Crippen LogP contribution in [0.1, 0.15) is 5.56 Å². The molecule has 1 atom stereocenters. The minimum absolute atomic E-state index is 0.131. The fourth-order valence-electron chi connectivity index (χ4n) is 3.06.